The van der Waals surface area contributed by atoms with Crippen LogP contribution >= 0.6 is 11.3 Å². The fourth-order valence-electron chi connectivity index (χ4n) is 2.07. The van der Waals surface area contributed by atoms with E-state index in [1.54, 1.807) is 22.2 Å². The van der Waals surface area contributed by atoms with Crippen molar-refractivity contribution in [2.45, 2.75) is 32.4 Å². The lowest BCUT2D eigenvalue weighted by molar-refractivity contribution is 0.0544. The number of hydrogen-bond donors (Lipinski definition) is 2. The van der Waals surface area contributed by atoms with Gasteiger partial charge in [-0.25, -0.2) is 0 Å². The average molecular weight is 279 g/mol. The summed E-state index contributed by atoms with van der Waals surface area (Å²) in [6.07, 6.45) is 3.56. The van der Waals surface area contributed by atoms with Crippen molar-refractivity contribution in [1.82, 2.24) is 15.1 Å². The van der Waals surface area contributed by atoms with Crippen molar-refractivity contribution in [3.63, 3.8) is 0 Å². The Balaban J connectivity index is 2.00. The molecule has 0 saturated heterocycles. The number of aryl methyl sites for hydroxylation is 2. The summed E-state index contributed by atoms with van der Waals surface area (Å²) in [6.45, 7) is 6.55. The minimum absolute atomic E-state index is 0.239. The molecule has 0 fully saturated rings. The smallest absolute Gasteiger partial charge is 0.102 e. The van der Waals surface area contributed by atoms with E-state index in [1.165, 1.54) is 10.4 Å². The second-order valence-corrected chi connectivity index (χ2v) is 6.19. The highest BCUT2D eigenvalue weighted by molar-refractivity contribution is 7.10. The second kappa shape index (κ2) is 5.45. The summed E-state index contributed by atoms with van der Waals surface area (Å²) in [5.41, 5.74) is 1.22. The van der Waals surface area contributed by atoms with Crippen LogP contribution in [0.1, 0.15) is 35.9 Å². The molecule has 4 nitrogen and oxygen atoms in total. The number of aliphatic hydroxyl groups is 1. The predicted octanol–water partition coefficient (Wildman–Crippen LogP) is 2.35. The van der Waals surface area contributed by atoms with Crippen LogP contribution in [-0.4, -0.2) is 21.4 Å². The van der Waals surface area contributed by atoms with E-state index in [9.17, 15) is 5.11 Å². The Bertz CT molecular complexity index is 544. The maximum Gasteiger partial charge on any atom is 0.102 e. The number of aromatic nitrogens is 2. The zero-order chi connectivity index (χ0) is 14.0. The summed E-state index contributed by atoms with van der Waals surface area (Å²) in [5.74, 6) is 0. The van der Waals surface area contributed by atoms with Gasteiger partial charge < -0.3 is 10.4 Å². The van der Waals surface area contributed by atoms with E-state index in [2.05, 4.69) is 35.7 Å². The lowest BCUT2D eigenvalue weighted by atomic mass is 9.99. The number of nitrogens with zero attached hydrogens (tertiary/aromatic N) is 2. The number of thiophene rings is 1. The summed E-state index contributed by atoms with van der Waals surface area (Å²) in [5, 5.41) is 20.1. The van der Waals surface area contributed by atoms with Crippen LogP contribution in [0.15, 0.2) is 23.8 Å². The molecule has 0 aliphatic rings. The molecule has 2 rings (SSSR count). The molecule has 0 aliphatic carbocycles. The molecule has 2 aromatic heterocycles. The number of rotatable bonds is 5. The lowest BCUT2D eigenvalue weighted by Crippen LogP contribution is -2.36. The van der Waals surface area contributed by atoms with Crippen LogP contribution in [0, 0.1) is 6.92 Å². The van der Waals surface area contributed by atoms with Crippen LogP contribution in [0.2, 0.25) is 0 Å². The molecule has 2 N–H and O–H groups in total. The quantitative estimate of drug-likeness (QED) is 0.883. The minimum atomic E-state index is -0.909. The molecule has 0 saturated carbocycles. The van der Waals surface area contributed by atoms with Gasteiger partial charge in [-0.2, -0.15) is 5.10 Å². The van der Waals surface area contributed by atoms with Crippen LogP contribution in [0.25, 0.3) is 0 Å². The van der Waals surface area contributed by atoms with E-state index >= 15 is 0 Å². The highest BCUT2D eigenvalue weighted by Crippen LogP contribution is 2.25. The van der Waals surface area contributed by atoms with E-state index in [0.29, 0.717) is 6.54 Å². The zero-order valence-corrected chi connectivity index (χ0v) is 12.7. The molecule has 0 aliphatic heterocycles. The van der Waals surface area contributed by atoms with Crippen LogP contribution in [-0.2, 0) is 12.6 Å². The maximum atomic E-state index is 10.5. The molecular formula is C14H21N3OS. The molecule has 0 amide bonds. The molecule has 0 bridgehead atoms. The molecule has 0 unspecified atom stereocenters. The highest BCUT2D eigenvalue weighted by Gasteiger charge is 2.25. The summed E-state index contributed by atoms with van der Waals surface area (Å²) < 4.78 is 1.71. The van der Waals surface area contributed by atoms with Gasteiger partial charge in [0.15, 0.2) is 0 Å². The van der Waals surface area contributed by atoms with Gasteiger partial charge in [-0.15, -0.1) is 11.3 Å². The van der Waals surface area contributed by atoms with Crippen molar-refractivity contribution in [1.29, 1.82) is 0 Å². The Hall–Kier alpha value is -1.17. The van der Waals surface area contributed by atoms with Crippen molar-refractivity contribution in [3.05, 3.63) is 39.8 Å². The maximum absolute atomic E-state index is 10.5. The minimum Gasteiger partial charge on any atom is -0.384 e. The molecule has 19 heavy (non-hydrogen) atoms. The zero-order valence-electron chi connectivity index (χ0n) is 11.8. The first kappa shape index (κ1) is 14.2. The first-order valence-corrected chi connectivity index (χ1v) is 7.27. The van der Waals surface area contributed by atoms with Crippen molar-refractivity contribution in [2.75, 3.05) is 6.54 Å². The molecule has 2 heterocycles. The SMILES string of the molecule is Cc1ccsc1[C@H](C)NC[C@@](C)(O)c1cnn(C)c1. The van der Waals surface area contributed by atoms with Gasteiger partial charge >= 0.3 is 0 Å². The second-order valence-electron chi connectivity index (χ2n) is 5.25. The predicted molar refractivity (Wildman–Crippen MR) is 78.3 cm³/mol. The summed E-state index contributed by atoms with van der Waals surface area (Å²) in [4.78, 5) is 1.32. The molecule has 0 radical (unpaired) electrons. The topological polar surface area (TPSA) is 50.1 Å². The molecule has 2 aromatic rings. The number of nitrogens with one attached hydrogen (secondary N) is 1. The van der Waals surface area contributed by atoms with Crippen molar-refractivity contribution in [2.24, 2.45) is 7.05 Å². The van der Waals surface area contributed by atoms with Gasteiger partial charge in [-0.05, 0) is 37.8 Å². The molecule has 2 atom stereocenters. The summed E-state index contributed by atoms with van der Waals surface area (Å²) in [7, 11) is 1.85. The Morgan fingerprint density at radius 1 is 1.58 bits per heavy atom. The Labute approximate surface area is 118 Å². The van der Waals surface area contributed by atoms with E-state index in [1.807, 2.05) is 20.2 Å². The monoisotopic (exact) mass is 279 g/mol. The third kappa shape index (κ3) is 3.23. The third-order valence-electron chi connectivity index (χ3n) is 3.37. The largest absolute Gasteiger partial charge is 0.384 e. The third-order valence-corrected chi connectivity index (χ3v) is 4.58. The fourth-order valence-corrected chi connectivity index (χ4v) is 3.03. The van der Waals surface area contributed by atoms with Gasteiger partial charge in [-0.3, -0.25) is 4.68 Å². The molecule has 0 aromatic carbocycles. The number of hydrogen-bond acceptors (Lipinski definition) is 4. The summed E-state index contributed by atoms with van der Waals surface area (Å²) in [6, 6.07) is 2.36. The lowest BCUT2D eigenvalue weighted by Gasteiger charge is -2.25. The van der Waals surface area contributed by atoms with Gasteiger partial charge in [-0.1, -0.05) is 0 Å². The van der Waals surface area contributed by atoms with Gasteiger partial charge in [0.25, 0.3) is 0 Å². The molecule has 5 heteroatoms. The van der Waals surface area contributed by atoms with Crippen molar-refractivity contribution >= 4 is 11.3 Å². The summed E-state index contributed by atoms with van der Waals surface area (Å²) >= 11 is 1.75. The van der Waals surface area contributed by atoms with E-state index in [4.69, 9.17) is 0 Å². The highest BCUT2D eigenvalue weighted by atomic mass is 32.1. The van der Waals surface area contributed by atoms with E-state index in [-0.39, 0.29) is 6.04 Å². The average Bonchev–Trinajstić information content (AvgIpc) is 2.95. The van der Waals surface area contributed by atoms with Crippen LogP contribution in [0.3, 0.4) is 0 Å². The normalized spacial score (nSPS) is 16.3. The Morgan fingerprint density at radius 2 is 2.32 bits per heavy atom. The van der Waals surface area contributed by atoms with E-state index in [0.717, 1.165) is 5.56 Å². The van der Waals surface area contributed by atoms with Crippen LogP contribution < -0.4 is 5.32 Å². The van der Waals surface area contributed by atoms with Crippen LogP contribution in [0.5, 0.6) is 0 Å². The fraction of sp³-hybridized carbons (Fsp3) is 0.500. The standard InChI is InChI=1S/C14H21N3OS/c1-10-5-6-19-13(10)11(2)15-9-14(3,18)12-7-16-17(4)8-12/h5-8,11,15,18H,9H2,1-4H3/t11-,14+/m0/s1. The first-order valence-electron chi connectivity index (χ1n) is 6.39. The van der Waals surface area contributed by atoms with Crippen molar-refractivity contribution < 1.29 is 5.11 Å². The van der Waals surface area contributed by atoms with Gasteiger partial charge in [0, 0.05) is 36.3 Å². The Morgan fingerprint density at radius 3 is 2.84 bits per heavy atom. The molecule has 0 spiro atoms. The molecular weight excluding hydrogens is 258 g/mol. The Kier molecular flexibility index (Phi) is 4.08. The van der Waals surface area contributed by atoms with Crippen molar-refractivity contribution in [3.8, 4) is 0 Å². The van der Waals surface area contributed by atoms with Crippen LogP contribution in [0.4, 0.5) is 0 Å². The van der Waals surface area contributed by atoms with Gasteiger partial charge in [0.1, 0.15) is 5.60 Å². The van der Waals surface area contributed by atoms with Gasteiger partial charge in [0.2, 0.25) is 0 Å². The van der Waals surface area contributed by atoms with Gasteiger partial charge in [0.05, 0.1) is 6.20 Å². The molecule has 104 valence electrons. The van der Waals surface area contributed by atoms with E-state index < -0.39 is 5.60 Å². The first-order chi connectivity index (χ1) is 8.90.